The van der Waals surface area contributed by atoms with Gasteiger partial charge in [0.05, 0.1) is 18.6 Å². The van der Waals surface area contributed by atoms with Crippen LogP contribution < -0.4 is 4.90 Å². The van der Waals surface area contributed by atoms with Crippen LogP contribution in [0.5, 0.6) is 0 Å². The molecule has 3 heterocycles. The number of para-hydroxylation sites is 1. The average Bonchev–Trinajstić information content (AvgIpc) is 3.57. The Labute approximate surface area is 235 Å². The maximum absolute atomic E-state index is 13.8. The summed E-state index contributed by atoms with van der Waals surface area (Å²) in [6.45, 7) is 3.35. The SMILES string of the molecule is Cc1c(CN2CCC3Cc4ccccc4N3C2=O)ncn1C(c1ccccc1)(c1ccccc1)c1ccccc1. The van der Waals surface area contributed by atoms with Crippen molar-refractivity contribution in [2.45, 2.75) is 37.9 Å². The molecule has 0 aliphatic carbocycles. The fraction of sp³-hybridized carbons (Fsp3) is 0.200. The van der Waals surface area contributed by atoms with E-state index in [-0.39, 0.29) is 12.1 Å². The first-order valence-corrected chi connectivity index (χ1v) is 14.0. The number of fused-ring (bicyclic) bond motifs is 3. The molecule has 0 N–H and O–H groups in total. The highest BCUT2D eigenvalue weighted by molar-refractivity contribution is 5.95. The van der Waals surface area contributed by atoms with Gasteiger partial charge >= 0.3 is 6.03 Å². The summed E-state index contributed by atoms with van der Waals surface area (Å²) in [6.07, 6.45) is 3.86. The van der Waals surface area contributed by atoms with Crippen LogP contribution in [0.25, 0.3) is 0 Å². The smallest absolute Gasteiger partial charge is 0.318 e. The van der Waals surface area contributed by atoms with Crippen molar-refractivity contribution in [2.24, 2.45) is 0 Å². The Morgan fingerprint density at radius 2 is 1.32 bits per heavy atom. The first-order chi connectivity index (χ1) is 19.7. The standard InChI is InChI=1S/C35H32N4O/c1-26-32(24-37-22-21-31-23-27-13-11-12-20-33(27)39(31)34(37)40)36-25-38(26)35(28-14-5-2-6-15-28,29-16-7-3-8-17-29)30-18-9-4-10-19-30/h2-20,25,31H,21-24H2,1H3. The molecule has 4 aromatic carbocycles. The summed E-state index contributed by atoms with van der Waals surface area (Å²) in [5, 5.41) is 0. The number of urea groups is 1. The molecule has 0 spiro atoms. The number of amides is 2. The van der Waals surface area contributed by atoms with Crippen LogP contribution in [0, 0.1) is 6.92 Å². The van der Waals surface area contributed by atoms with E-state index in [2.05, 4.69) is 121 Å². The van der Waals surface area contributed by atoms with Crippen LogP contribution in [0.1, 0.15) is 40.1 Å². The molecule has 2 amide bonds. The number of carbonyl (C=O) groups excluding carboxylic acids is 1. The maximum Gasteiger partial charge on any atom is 0.325 e. The van der Waals surface area contributed by atoms with Crippen LogP contribution in [-0.4, -0.2) is 33.1 Å². The van der Waals surface area contributed by atoms with Gasteiger partial charge in [-0.05, 0) is 48.1 Å². The van der Waals surface area contributed by atoms with Crippen molar-refractivity contribution < 1.29 is 4.79 Å². The molecule has 198 valence electrons. The molecule has 1 atom stereocenters. The zero-order chi connectivity index (χ0) is 27.1. The summed E-state index contributed by atoms with van der Waals surface area (Å²) in [5.41, 5.74) is 7.14. The van der Waals surface area contributed by atoms with Crippen molar-refractivity contribution in [2.75, 3.05) is 11.4 Å². The number of aromatic nitrogens is 2. The first kappa shape index (κ1) is 24.4. The Bertz CT molecular complexity index is 1550. The Kier molecular flexibility index (Phi) is 6.00. The van der Waals surface area contributed by atoms with Gasteiger partial charge in [0.1, 0.15) is 5.54 Å². The lowest BCUT2D eigenvalue weighted by Crippen LogP contribution is -2.52. The largest absolute Gasteiger partial charge is 0.325 e. The number of nitrogens with zero attached hydrogens (tertiary/aromatic N) is 4. The third-order valence-electron chi connectivity index (χ3n) is 8.67. The summed E-state index contributed by atoms with van der Waals surface area (Å²) in [5.74, 6) is 0. The molecule has 1 fully saturated rings. The van der Waals surface area contributed by atoms with Crippen molar-refractivity contribution in [3.05, 3.63) is 155 Å². The van der Waals surface area contributed by atoms with Crippen molar-refractivity contribution in [3.63, 3.8) is 0 Å². The lowest BCUT2D eigenvalue weighted by Gasteiger charge is -2.39. The molecule has 0 radical (unpaired) electrons. The molecule has 1 aromatic heterocycles. The molecule has 1 saturated heterocycles. The molecule has 1 unspecified atom stereocenters. The molecule has 2 aliphatic rings. The van der Waals surface area contributed by atoms with Gasteiger partial charge in [-0.15, -0.1) is 0 Å². The zero-order valence-electron chi connectivity index (χ0n) is 22.6. The first-order valence-electron chi connectivity index (χ1n) is 14.0. The predicted molar refractivity (Wildman–Crippen MR) is 158 cm³/mol. The third kappa shape index (κ3) is 3.76. The number of anilines is 1. The minimum atomic E-state index is -0.621. The molecule has 0 saturated carbocycles. The highest BCUT2D eigenvalue weighted by Gasteiger charge is 2.42. The van der Waals surface area contributed by atoms with Crippen molar-refractivity contribution >= 4 is 11.7 Å². The van der Waals surface area contributed by atoms with Crippen LogP contribution in [-0.2, 0) is 18.5 Å². The van der Waals surface area contributed by atoms with Gasteiger partial charge in [0.2, 0.25) is 0 Å². The number of benzene rings is 4. The van der Waals surface area contributed by atoms with Gasteiger partial charge in [-0.25, -0.2) is 9.78 Å². The molecule has 40 heavy (non-hydrogen) atoms. The summed E-state index contributed by atoms with van der Waals surface area (Å²) < 4.78 is 2.30. The fourth-order valence-electron chi connectivity index (χ4n) is 6.73. The van der Waals surface area contributed by atoms with E-state index in [0.29, 0.717) is 6.54 Å². The van der Waals surface area contributed by atoms with Crippen LogP contribution in [0.15, 0.2) is 122 Å². The summed E-state index contributed by atoms with van der Waals surface area (Å²) in [7, 11) is 0. The minimum Gasteiger partial charge on any atom is -0.318 e. The minimum absolute atomic E-state index is 0.0793. The molecule has 2 aliphatic heterocycles. The Morgan fingerprint density at radius 3 is 1.93 bits per heavy atom. The lowest BCUT2D eigenvalue weighted by molar-refractivity contribution is 0.184. The van der Waals surface area contributed by atoms with E-state index in [1.165, 1.54) is 5.56 Å². The van der Waals surface area contributed by atoms with Gasteiger partial charge in [-0.3, -0.25) is 4.90 Å². The van der Waals surface area contributed by atoms with Gasteiger partial charge in [0.15, 0.2) is 0 Å². The topological polar surface area (TPSA) is 41.4 Å². The van der Waals surface area contributed by atoms with E-state index in [4.69, 9.17) is 4.98 Å². The lowest BCUT2D eigenvalue weighted by atomic mass is 9.76. The van der Waals surface area contributed by atoms with E-state index in [1.54, 1.807) is 0 Å². The normalized spacial score (nSPS) is 16.6. The quantitative estimate of drug-likeness (QED) is 0.230. The van der Waals surface area contributed by atoms with Crippen molar-refractivity contribution in [3.8, 4) is 0 Å². The van der Waals surface area contributed by atoms with Gasteiger partial charge in [0, 0.05) is 24.0 Å². The van der Waals surface area contributed by atoms with E-state index in [0.717, 1.165) is 53.2 Å². The van der Waals surface area contributed by atoms with Gasteiger partial charge in [-0.1, -0.05) is 109 Å². The third-order valence-corrected chi connectivity index (χ3v) is 8.67. The number of rotatable bonds is 6. The maximum atomic E-state index is 13.8. The monoisotopic (exact) mass is 524 g/mol. The molecule has 5 heteroatoms. The number of hydrogen-bond acceptors (Lipinski definition) is 2. The molecular formula is C35H32N4O. The van der Waals surface area contributed by atoms with E-state index in [9.17, 15) is 4.79 Å². The van der Waals surface area contributed by atoms with Crippen molar-refractivity contribution in [1.82, 2.24) is 14.5 Å². The van der Waals surface area contributed by atoms with E-state index in [1.807, 2.05) is 22.2 Å². The Morgan fingerprint density at radius 1 is 0.775 bits per heavy atom. The number of imidazole rings is 1. The van der Waals surface area contributed by atoms with Crippen LogP contribution in [0.3, 0.4) is 0 Å². The van der Waals surface area contributed by atoms with Crippen molar-refractivity contribution in [1.29, 1.82) is 0 Å². The highest BCUT2D eigenvalue weighted by Crippen LogP contribution is 2.42. The Hall–Kier alpha value is -4.64. The second-order valence-corrected chi connectivity index (χ2v) is 10.8. The summed E-state index contributed by atoms with van der Waals surface area (Å²) >= 11 is 0. The number of hydrogen-bond donors (Lipinski definition) is 0. The fourth-order valence-corrected chi connectivity index (χ4v) is 6.73. The molecule has 5 aromatic rings. The van der Waals surface area contributed by atoms with Crippen LogP contribution >= 0.6 is 0 Å². The Balaban J connectivity index is 1.32. The van der Waals surface area contributed by atoms with E-state index < -0.39 is 5.54 Å². The second kappa shape index (κ2) is 9.83. The molecule has 0 bridgehead atoms. The predicted octanol–water partition coefficient (Wildman–Crippen LogP) is 6.79. The zero-order valence-corrected chi connectivity index (χ0v) is 22.6. The average molecular weight is 525 g/mol. The van der Waals surface area contributed by atoms with Gasteiger partial charge < -0.3 is 9.47 Å². The van der Waals surface area contributed by atoms with Gasteiger partial charge in [-0.2, -0.15) is 0 Å². The van der Waals surface area contributed by atoms with Crippen LogP contribution in [0.4, 0.5) is 10.5 Å². The van der Waals surface area contributed by atoms with Crippen LogP contribution in [0.2, 0.25) is 0 Å². The summed E-state index contributed by atoms with van der Waals surface area (Å²) in [4.78, 5) is 22.7. The van der Waals surface area contributed by atoms with E-state index >= 15 is 0 Å². The second-order valence-electron chi connectivity index (χ2n) is 10.8. The molecule has 7 rings (SSSR count). The van der Waals surface area contributed by atoms with Gasteiger partial charge in [0.25, 0.3) is 0 Å². The highest BCUT2D eigenvalue weighted by atomic mass is 16.2. The number of carbonyl (C=O) groups is 1. The molecular weight excluding hydrogens is 492 g/mol. The summed E-state index contributed by atoms with van der Waals surface area (Å²) in [6, 6.07) is 40.5. The molecule has 5 nitrogen and oxygen atoms in total.